The van der Waals surface area contributed by atoms with E-state index in [0.29, 0.717) is 6.54 Å². The molecule has 0 bridgehead atoms. The van der Waals surface area contributed by atoms with Gasteiger partial charge < -0.3 is 10.6 Å². The number of carbonyl (C=O) groups excluding carboxylic acids is 1. The second kappa shape index (κ2) is 9.13. The van der Waals surface area contributed by atoms with Crippen LogP contribution in [0.15, 0.2) is 0 Å². The Kier molecular flexibility index (Phi) is 8.62. The second-order valence-corrected chi connectivity index (χ2v) is 3.99. The lowest BCUT2D eigenvalue weighted by Gasteiger charge is -2.09. The van der Waals surface area contributed by atoms with Gasteiger partial charge in [0.15, 0.2) is 0 Å². The summed E-state index contributed by atoms with van der Waals surface area (Å²) in [5, 5.41) is 4.15. The van der Waals surface area contributed by atoms with Gasteiger partial charge in [-0.05, 0) is 6.42 Å². The van der Waals surface area contributed by atoms with Crippen molar-refractivity contribution in [2.45, 2.75) is 51.6 Å². The zero-order valence-electron chi connectivity index (χ0n) is 10.2. The molecular formula is C11H21F3N2O. The first kappa shape index (κ1) is 16.1. The molecule has 0 aromatic carbocycles. The first-order valence-electron chi connectivity index (χ1n) is 6.04. The van der Waals surface area contributed by atoms with Gasteiger partial charge in [-0.15, -0.1) is 0 Å². The molecular weight excluding hydrogens is 233 g/mol. The average Bonchev–Trinajstić information content (AvgIpc) is 2.24. The molecule has 17 heavy (non-hydrogen) atoms. The first-order chi connectivity index (χ1) is 7.95. The maximum absolute atomic E-state index is 11.7. The molecule has 2 N–H and O–H groups in total. The van der Waals surface area contributed by atoms with E-state index < -0.39 is 18.8 Å². The first-order valence-corrected chi connectivity index (χ1v) is 6.04. The van der Waals surface area contributed by atoms with Gasteiger partial charge in [0.05, 0.1) is 0 Å². The van der Waals surface area contributed by atoms with Crippen LogP contribution in [-0.4, -0.2) is 25.3 Å². The highest BCUT2D eigenvalue weighted by atomic mass is 19.4. The van der Waals surface area contributed by atoms with Gasteiger partial charge in [0.25, 0.3) is 0 Å². The third-order valence-corrected chi connectivity index (χ3v) is 2.27. The number of rotatable bonds is 8. The fourth-order valence-electron chi connectivity index (χ4n) is 1.35. The van der Waals surface area contributed by atoms with Crippen LogP contribution >= 0.6 is 0 Å². The molecule has 0 unspecified atom stereocenters. The van der Waals surface area contributed by atoms with Crippen molar-refractivity contribution in [2.24, 2.45) is 0 Å². The van der Waals surface area contributed by atoms with E-state index in [1.165, 1.54) is 19.3 Å². The fraction of sp³-hybridized carbons (Fsp3) is 0.909. The van der Waals surface area contributed by atoms with Crippen LogP contribution in [0.4, 0.5) is 18.0 Å². The van der Waals surface area contributed by atoms with Crippen LogP contribution < -0.4 is 10.6 Å². The summed E-state index contributed by atoms with van der Waals surface area (Å²) in [6.45, 7) is 1.28. The van der Waals surface area contributed by atoms with Crippen molar-refractivity contribution < 1.29 is 18.0 Å². The Balaban J connectivity index is 3.28. The van der Waals surface area contributed by atoms with Gasteiger partial charge in [-0.1, -0.05) is 39.0 Å². The van der Waals surface area contributed by atoms with Gasteiger partial charge >= 0.3 is 12.2 Å². The highest BCUT2D eigenvalue weighted by molar-refractivity contribution is 5.73. The topological polar surface area (TPSA) is 41.1 Å². The summed E-state index contributed by atoms with van der Waals surface area (Å²) >= 11 is 0. The van der Waals surface area contributed by atoms with Gasteiger partial charge in [-0.25, -0.2) is 4.79 Å². The molecule has 6 heteroatoms. The third-order valence-electron chi connectivity index (χ3n) is 2.27. The molecule has 0 saturated carbocycles. The van der Waals surface area contributed by atoms with Crippen molar-refractivity contribution in [3.8, 4) is 0 Å². The molecule has 2 amide bonds. The largest absolute Gasteiger partial charge is 0.405 e. The summed E-state index contributed by atoms with van der Waals surface area (Å²) in [6, 6.07) is -0.754. The Hall–Kier alpha value is -0.940. The van der Waals surface area contributed by atoms with Crippen molar-refractivity contribution >= 4 is 6.03 Å². The summed E-state index contributed by atoms with van der Waals surface area (Å²) in [4.78, 5) is 10.9. The molecule has 0 heterocycles. The number of nitrogens with one attached hydrogen (secondary N) is 2. The van der Waals surface area contributed by atoms with Gasteiger partial charge in [-0.2, -0.15) is 13.2 Å². The number of urea groups is 1. The Morgan fingerprint density at radius 3 is 2.18 bits per heavy atom. The van der Waals surface area contributed by atoms with Crippen LogP contribution in [0.5, 0.6) is 0 Å². The molecule has 0 aliphatic heterocycles. The van der Waals surface area contributed by atoms with Crippen LogP contribution in [-0.2, 0) is 0 Å². The number of alkyl halides is 3. The molecule has 0 rings (SSSR count). The summed E-state index contributed by atoms with van der Waals surface area (Å²) in [6.07, 6.45) is 2.13. The SMILES string of the molecule is CCCCCCCCNC(=O)NCC(F)(F)F. The summed E-state index contributed by atoms with van der Waals surface area (Å²) in [5.41, 5.74) is 0. The quantitative estimate of drug-likeness (QED) is 0.642. The average molecular weight is 254 g/mol. The molecule has 0 radical (unpaired) electrons. The van der Waals surface area contributed by atoms with Gasteiger partial charge in [0.1, 0.15) is 6.54 Å². The normalized spacial score (nSPS) is 11.3. The van der Waals surface area contributed by atoms with Crippen molar-refractivity contribution in [2.75, 3.05) is 13.1 Å². The van der Waals surface area contributed by atoms with E-state index in [2.05, 4.69) is 12.2 Å². The maximum Gasteiger partial charge on any atom is 0.405 e. The fourth-order valence-corrected chi connectivity index (χ4v) is 1.35. The Labute approximate surface area is 100 Å². The highest BCUT2D eigenvalue weighted by Gasteiger charge is 2.27. The minimum Gasteiger partial charge on any atom is -0.338 e. The number of amides is 2. The Morgan fingerprint density at radius 1 is 1.00 bits per heavy atom. The number of carbonyl (C=O) groups is 1. The van der Waals surface area contributed by atoms with E-state index in [9.17, 15) is 18.0 Å². The Morgan fingerprint density at radius 2 is 1.59 bits per heavy atom. The number of hydrogen-bond donors (Lipinski definition) is 2. The van der Waals surface area contributed by atoms with Crippen molar-refractivity contribution in [1.82, 2.24) is 10.6 Å². The maximum atomic E-state index is 11.7. The van der Waals surface area contributed by atoms with Gasteiger partial charge in [-0.3, -0.25) is 0 Å². The molecule has 0 aromatic rings. The predicted octanol–water partition coefficient (Wildman–Crippen LogP) is 3.21. The van der Waals surface area contributed by atoms with E-state index in [1.807, 2.05) is 0 Å². The summed E-state index contributed by atoms with van der Waals surface area (Å²) < 4.78 is 35.2. The van der Waals surface area contributed by atoms with E-state index in [0.717, 1.165) is 19.3 Å². The van der Waals surface area contributed by atoms with Crippen LogP contribution in [0.1, 0.15) is 45.4 Å². The summed E-state index contributed by atoms with van der Waals surface area (Å²) in [7, 11) is 0. The molecule has 0 atom stereocenters. The van der Waals surface area contributed by atoms with E-state index in [-0.39, 0.29) is 0 Å². The molecule has 0 aliphatic rings. The van der Waals surface area contributed by atoms with Crippen LogP contribution in [0.25, 0.3) is 0 Å². The van der Waals surface area contributed by atoms with Crippen molar-refractivity contribution in [3.63, 3.8) is 0 Å². The molecule has 0 aliphatic carbocycles. The molecule has 0 saturated heterocycles. The number of unbranched alkanes of at least 4 members (excludes halogenated alkanes) is 5. The lowest BCUT2D eigenvalue weighted by Crippen LogP contribution is -2.41. The second-order valence-electron chi connectivity index (χ2n) is 3.99. The van der Waals surface area contributed by atoms with Crippen molar-refractivity contribution in [1.29, 1.82) is 0 Å². The molecule has 3 nitrogen and oxygen atoms in total. The van der Waals surface area contributed by atoms with E-state index >= 15 is 0 Å². The standard InChI is InChI=1S/C11H21F3N2O/c1-2-3-4-5-6-7-8-15-10(17)16-9-11(12,13)14/h2-9H2,1H3,(H2,15,16,17). The lowest BCUT2D eigenvalue weighted by atomic mass is 10.1. The molecule has 102 valence electrons. The van der Waals surface area contributed by atoms with Gasteiger partial charge in [0.2, 0.25) is 0 Å². The lowest BCUT2D eigenvalue weighted by molar-refractivity contribution is -0.122. The minimum atomic E-state index is -4.35. The smallest absolute Gasteiger partial charge is 0.338 e. The Bertz CT molecular complexity index is 207. The van der Waals surface area contributed by atoms with Crippen molar-refractivity contribution in [3.05, 3.63) is 0 Å². The van der Waals surface area contributed by atoms with E-state index in [1.54, 1.807) is 5.32 Å². The van der Waals surface area contributed by atoms with Crippen LogP contribution in [0.2, 0.25) is 0 Å². The number of halogens is 3. The summed E-state index contributed by atoms with van der Waals surface area (Å²) in [5.74, 6) is 0. The predicted molar refractivity (Wildman–Crippen MR) is 60.8 cm³/mol. The molecule has 0 fully saturated rings. The minimum absolute atomic E-state index is 0.426. The molecule has 0 spiro atoms. The van der Waals surface area contributed by atoms with Crippen LogP contribution in [0.3, 0.4) is 0 Å². The number of hydrogen-bond acceptors (Lipinski definition) is 1. The van der Waals surface area contributed by atoms with Crippen LogP contribution in [0, 0.1) is 0 Å². The monoisotopic (exact) mass is 254 g/mol. The van der Waals surface area contributed by atoms with E-state index in [4.69, 9.17) is 0 Å². The zero-order valence-corrected chi connectivity index (χ0v) is 10.2. The zero-order chi connectivity index (χ0) is 13.1. The van der Waals surface area contributed by atoms with Gasteiger partial charge in [0, 0.05) is 6.54 Å². The highest BCUT2D eigenvalue weighted by Crippen LogP contribution is 2.11. The molecule has 0 aromatic heterocycles. The third kappa shape index (κ3) is 13.0.